The first-order valence-electron chi connectivity index (χ1n) is 9.95. The van der Waals surface area contributed by atoms with Crippen LogP contribution in [0.2, 0.25) is 0 Å². The predicted molar refractivity (Wildman–Crippen MR) is 131 cm³/mol. The largest absolute Gasteiger partial charge is 0.462 e. The van der Waals surface area contributed by atoms with Crippen LogP contribution in [-0.2, 0) is 29.4 Å². The van der Waals surface area contributed by atoms with Crippen molar-refractivity contribution >= 4 is 53.8 Å². The Labute approximate surface area is 201 Å². The molecule has 180 valence electrons. The summed E-state index contributed by atoms with van der Waals surface area (Å²) in [4.78, 5) is 25.5. The van der Waals surface area contributed by atoms with E-state index in [1.54, 1.807) is 13.0 Å². The van der Waals surface area contributed by atoms with Gasteiger partial charge in [-0.3, -0.25) is 9.52 Å². The molecule has 3 rings (SSSR count). The number of rotatable bonds is 9. The van der Waals surface area contributed by atoms with Gasteiger partial charge in [-0.15, -0.1) is 11.3 Å². The van der Waals surface area contributed by atoms with Gasteiger partial charge in [0.25, 0.3) is 0 Å². The van der Waals surface area contributed by atoms with Gasteiger partial charge in [0.1, 0.15) is 10.8 Å². The number of anilines is 2. The number of carbonyl (C=O) groups excluding carboxylic acids is 2. The molecule has 1 aromatic heterocycles. The van der Waals surface area contributed by atoms with E-state index in [-0.39, 0.29) is 27.8 Å². The lowest BCUT2D eigenvalue weighted by Crippen LogP contribution is -2.23. The lowest BCUT2D eigenvalue weighted by atomic mass is 10.1. The molecule has 0 saturated heterocycles. The van der Waals surface area contributed by atoms with Crippen LogP contribution in [0.4, 0.5) is 10.7 Å². The minimum Gasteiger partial charge on any atom is -0.462 e. The van der Waals surface area contributed by atoms with Crippen molar-refractivity contribution in [3.63, 3.8) is 0 Å². The van der Waals surface area contributed by atoms with Crippen LogP contribution in [0.5, 0.6) is 0 Å². The average Bonchev–Trinajstić information content (AvgIpc) is 3.17. The molecule has 3 aromatic rings. The quantitative estimate of drug-likeness (QED) is 0.411. The molecule has 0 aliphatic rings. The number of nitrogens with one attached hydrogen (secondary N) is 2. The van der Waals surface area contributed by atoms with E-state index in [0.29, 0.717) is 4.88 Å². The molecular weight excluding hydrogens is 500 g/mol. The lowest BCUT2D eigenvalue weighted by Gasteiger charge is -2.09. The molecule has 0 bridgehead atoms. The SMILES string of the molecule is CCOC(=O)c1cc(-c2ccccc2)sc1NC(=O)CS(=O)(=O)c1cccc(NS(C)(=O)=O)c1. The third-order valence-electron chi connectivity index (χ3n) is 4.36. The molecule has 0 saturated carbocycles. The van der Waals surface area contributed by atoms with Crippen molar-refractivity contribution < 1.29 is 31.2 Å². The molecule has 9 nitrogen and oxygen atoms in total. The summed E-state index contributed by atoms with van der Waals surface area (Å²) in [6, 6.07) is 15.9. The number of esters is 1. The Balaban J connectivity index is 1.84. The zero-order chi connectivity index (χ0) is 24.9. The number of sulfonamides is 1. The second-order valence-electron chi connectivity index (χ2n) is 7.15. The van der Waals surface area contributed by atoms with Crippen LogP contribution < -0.4 is 10.0 Å². The van der Waals surface area contributed by atoms with Gasteiger partial charge in [-0.05, 0) is 36.8 Å². The van der Waals surface area contributed by atoms with Crippen LogP contribution in [0.15, 0.2) is 65.6 Å². The molecule has 2 N–H and O–H groups in total. The second kappa shape index (κ2) is 10.4. The van der Waals surface area contributed by atoms with Crippen molar-refractivity contribution in [3.05, 3.63) is 66.2 Å². The Morgan fingerprint density at radius 3 is 2.32 bits per heavy atom. The number of benzene rings is 2. The van der Waals surface area contributed by atoms with Gasteiger partial charge in [0.05, 0.1) is 23.3 Å². The number of carbonyl (C=O) groups is 2. The first-order chi connectivity index (χ1) is 16.0. The normalized spacial score (nSPS) is 11.6. The van der Waals surface area contributed by atoms with Crippen LogP contribution in [0.1, 0.15) is 17.3 Å². The van der Waals surface area contributed by atoms with Crippen molar-refractivity contribution in [1.82, 2.24) is 0 Å². The number of hydrogen-bond donors (Lipinski definition) is 2. The van der Waals surface area contributed by atoms with Gasteiger partial charge >= 0.3 is 5.97 Å². The molecule has 2 aromatic carbocycles. The number of ether oxygens (including phenoxy) is 1. The Morgan fingerprint density at radius 2 is 1.68 bits per heavy atom. The molecule has 0 aliphatic heterocycles. The standard InChI is InChI=1S/C22H22N2O7S3/c1-3-31-22(26)18-13-19(15-8-5-4-6-9-15)32-21(18)23-20(25)14-34(29,30)17-11-7-10-16(12-17)24-33(2,27)28/h4-13,24H,3,14H2,1-2H3,(H,23,25). The molecule has 0 unspecified atom stereocenters. The van der Waals surface area contributed by atoms with E-state index in [0.717, 1.165) is 29.2 Å². The van der Waals surface area contributed by atoms with Crippen LogP contribution in [-0.4, -0.2) is 47.3 Å². The topological polar surface area (TPSA) is 136 Å². The Bertz CT molecular complexity index is 1410. The van der Waals surface area contributed by atoms with Gasteiger partial charge < -0.3 is 10.1 Å². The minimum atomic E-state index is -4.10. The number of amides is 1. The monoisotopic (exact) mass is 522 g/mol. The second-order valence-corrected chi connectivity index (χ2v) is 11.9. The summed E-state index contributed by atoms with van der Waals surface area (Å²) in [5.74, 6) is -2.40. The summed E-state index contributed by atoms with van der Waals surface area (Å²) in [5, 5.41) is 2.68. The number of thiophene rings is 1. The lowest BCUT2D eigenvalue weighted by molar-refractivity contribution is -0.113. The number of hydrogen-bond acceptors (Lipinski definition) is 8. The summed E-state index contributed by atoms with van der Waals surface area (Å²) in [6.45, 7) is 1.79. The number of sulfone groups is 1. The zero-order valence-corrected chi connectivity index (χ0v) is 20.7. The fourth-order valence-electron chi connectivity index (χ4n) is 2.97. The van der Waals surface area contributed by atoms with E-state index < -0.39 is 37.5 Å². The van der Waals surface area contributed by atoms with Crippen molar-refractivity contribution in [3.8, 4) is 10.4 Å². The molecule has 0 spiro atoms. The van der Waals surface area contributed by atoms with Gasteiger partial charge in [0, 0.05) is 10.6 Å². The van der Waals surface area contributed by atoms with E-state index in [4.69, 9.17) is 4.74 Å². The maximum absolute atomic E-state index is 12.8. The summed E-state index contributed by atoms with van der Waals surface area (Å²) < 4.78 is 55.6. The molecule has 0 aliphatic carbocycles. The summed E-state index contributed by atoms with van der Waals surface area (Å²) in [6.07, 6.45) is 0.938. The minimum absolute atomic E-state index is 0.0549. The Kier molecular flexibility index (Phi) is 7.75. The van der Waals surface area contributed by atoms with Crippen molar-refractivity contribution in [1.29, 1.82) is 0 Å². The summed E-state index contributed by atoms with van der Waals surface area (Å²) in [7, 11) is -7.71. The highest BCUT2D eigenvalue weighted by molar-refractivity contribution is 7.92. The Morgan fingerprint density at radius 1 is 0.971 bits per heavy atom. The van der Waals surface area contributed by atoms with Gasteiger partial charge in [-0.25, -0.2) is 21.6 Å². The first kappa shape index (κ1) is 25.4. The fourth-order valence-corrected chi connectivity index (χ4v) is 5.77. The molecule has 0 radical (unpaired) electrons. The van der Waals surface area contributed by atoms with Crippen molar-refractivity contribution in [2.75, 3.05) is 28.7 Å². The highest BCUT2D eigenvalue weighted by Gasteiger charge is 2.24. The Hall–Kier alpha value is -3.22. The first-order valence-corrected chi connectivity index (χ1v) is 14.3. The molecule has 0 atom stereocenters. The van der Waals surface area contributed by atoms with Crippen molar-refractivity contribution in [2.24, 2.45) is 0 Å². The summed E-state index contributed by atoms with van der Waals surface area (Å²) in [5.41, 5.74) is 0.997. The maximum atomic E-state index is 12.8. The molecule has 1 amide bonds. The van der Waals surface area contributed by atoms with Crippen LogP contribution >= 0.6 is 11.3 Å². The fraction of sp³-hybridized carbons (Fsp3) is 0.182. The van der Waals surface area contributed by atoms with Gasteiger partial charge in [-0.2, -0.15) is 0 Å². The van der Waals surface area contributed by atoms with Crippen LogP contribution in [0.25, 0.3) is 10.4 Å². The molecule has 0 fully saturated rings. The van der Waals surface area contributed by atoms with Gasteiger partial charge in [0.15, 0.2) is 9.84 Å². The zero-order valence-electron chi connectivity index (χ0n) is 18.3. The van der Waals surface area contributed by atoms with Gasteiger partial charge in [0.2, 0.25) is 15.9 Å². The maximum Gasteiger partial charge on any atom is 0.341 e. The third kappa shape index (κ3) is 6.65. The molecule has 1 heterocycles. The molecule has 12 heteroatoms. The highest BCUT2D eigenvalue weighted by atomic mass is 32.2. The van der Waals surface area contributed by atoms with Crippen LogP contribution in [0.3, 0.4) is 0 Å². The smallest absolute Gasteiger partial charge is 0.341 e. The molecular formula is C22H22N2O7S3. The van der Waals surface area contributed by atoms with E-state index >= 15 is 0 Å². The van der Waals surface area contributed by atoms with E-state index in [1.165, 1.54) is 18.2 Å². The highest BCUT2D eigenvalue weighted by Crippen LogP contribution is 2.36. The summed E-state index contributed by atoms with van der Waals surface area (Å²) >= 11 is 1.12. The van der Waals surface area contributed by atoms with E-state index in [1.807, 2.05) is 30.3 Å². The van der Waals surface area contributed by atoms with Gasteiger partial charge in [-0.1, -0.05) is 36.4 Å². The average molecular weight is 523 g/mol. The van der Waals surface area contributed by atoms with Crippen molar-refractivity contribution in [2.45, 2.75) is 11.8 Å². The third-order valence-corrected chi connectivity index (χ3v) is 7.68. The van der Waals surface area contributed by atoms with E-state index in [9.17, 15) is 26.4 Å². The molecule has 34 heavy (non-hydrogen) atoms. The predicted octanol–water partition coefficient (Wildman–Crippen LogP) is 3.38. The van der Waals surface area contributed by atoms with E-state index in [2.05, 4.69) is 10.0 Å². The van der Waals surface area contributed by atoms with Crippen LogP contribution in [0, 0.1) is 0 Å².